The van der Waals surface area contributed by atoms with Crippen LogP contribution in [0.5, 0.6) is 17.2 Å². The average molecular weight is 550 g/mol. The summed E-state index contributed by atoms with van der Waals surface area (Å²) in [4.78, 5) is 31.7. The van der Waals surface area contributed by atoms with Crippen molar-refractivity contribution in [2.24, 2.45) is 0 Å². The van der Waals surface area contributed by atoms with E-state index in [1.807, 2.05) is 13.0 Å². The molecule has 2 aromatic rings. The van der Waals surface area contributed by atoms with Crippen molar-refractivity contribution in [3.8, 4) is 17.2 Å². The number of carbonyl (C=O) groups is 1. The van der Waals surface area contributed by atoms with Crippen LogP contribution in [-0.4, -0.2) is 71.4 Å². The van der Waals surface area contributed by atoms with E-state index in [4.69, 9.17) is 32.9 Å². The van der Waals surface area contributed by atoms with Crippen LogP contribution in [0, 0.1) is 6.92 Å². The molecule has 1 spiro atoms. The molecule has 3 unspecified atom stereocenters. The van der Waals surface area contributed by atoms with Gasteiger partial charge in [0.2, 0.25) is 0 Å². The summed E-state index contributed by atoms with van der Waals surface area (Å²) in [5.74, 6) is -2.65. The Kier molecular flexibility index (Phi) is 5.00. The fraction of sp³-hybridized carbons (Fsp3) is 0.560. The number of rotatable bonds is 5. The number of aryl methyl sites for hydroxylation is 1. The third-order valence-electron chi connectivity index (χ3n) is 8.44. The van der Waals surface area contributed by atoms with Gasteiger partial charge >= 0.3 is 7.82 Å². The Bertz CT molecular complexity index is 1460. The Morgan fingerprint density at radius 3 is 2.63 bits per heavy atom. The molecular formula is C25H27O12P. The molecule has 204 valence electrons. The van der Waals surface area contributed by atoms with Gasteiger partial charge in [-0.2, -0.15) is 0 Å². The largest absolute Gasteiger partial charge is 0.506 e. The molecule has 3 saturated heterocycles. The zero-order valence-corrected chi connectivity index (χ0v) is 21.8. The normalized spacial score (nSPS) is 34.7. The predicted molar refractivity (Wildman–Crippen MR) is 127 cm³/mol. The number of epoxide rings is 1. The standard InChI is InChI=1S/C25H27O12P/c1-11-7-13-17(18(27)16-12(19(13)31-2)5-4-6-14(16)26)20-15(11)21-22-25(32-3,36-20)23(9-33-23)8-24(35-21,37-22)10-34-38(28,29)30/h7,21-22,27H,4-6,8-10H2,1-3H3,(H2,28,29,30)/t21?,22?,23-,24?,25+/m0/s1. The number of phenols is 1. The lowest BCUT2D eigenvalue weighted by Crippen LogP contribution is -2.68. The number of phosphoric ester groups is 1. The van der Waals surface area contributed by atoms with Crippen LogP contribution in [-0.2, 0) is 34.5 Å². The van der Waals surface area contributed by atoms with Gasteiger partial charge in [-0.3, -0.25) is 9.32 Å². The van der Waals surface area contributed by atoms with E-state index in [1.165, 1.54) is 14.2 Å². The van der Waals surface area contributed by atoms with E-state index < -0.39 is 43.8 Å². The molecule has 3 fully saturated rings. The molecule has 1 aliphatic carbocycles. The number of benzene rings is 2. The van der Waals surface area contributed by atoms with Gasteiger partial charge in [0, 0.05) is 36.5 Å². The number of fused-ring (bicyclic) bond motifs is 7. The summed E-state index contributed by atoms with van der Waals surface area (Å²) < 4.78 is 53.4. The molecule has 2 aromatic carbocycles. The van der Waals surface area contributed by atoms with Crippen molar-refractivity contribution in [2.45, 2.75) is 62.0 Å². The van der Waals surface area contributed by atoms with Gasteiger partial charge in [-0.05, 0) is 31.4 Å². The first kappa shape index (κ1) is 24.7. The maximum atomic E-state index is 13.0. The molecule has 13 heteroatoms. The number of hydrogen-bond donors (Lipinski definition) is 3. The van der Waals surface area contributed by atoms with Crippen molar-refractivity contribution in [2.75, 3.05) is 27.4 Å². The molecule has 3 N–H and O–H groups in total. The van der Waals surface area contributed by atoms with Crippen LogP contribution in [0.1, 0.15) is 52.4 Å². The summed E-state index contributed by atoms with van der Waals surface area (Å²) in [7, 11) is -1.84. The minimum absolute atomic E-state index is 0.0228. The summed E-state index contributed by atoms with van der Waals surface area (Å²) in [5, 5.41) is 12.4. The fourth-order valence-electron chi connectivity index (χ4n) is 6.88. The third-order valence-corrected chi connectivity index (χ3v) is 8.91. The Morgan fingerprint density at radius 1 is 1.21 bits per heavy atom. The number of ether oxygens (including phenoxy) is 6. The highest BCUT2D eigenvalue weighted by Gasteiger charge is 2.81. The highest BCUT2D eigenvalue weighted by atomic mass is 31.2. The van der Waals surface area contributed by atoms with E-state index >= 15 is 0 Å². The van der Waals surface area contributed by atoms with Gasteiger partial charge in [-0.25, -0.2) is 4.57 Å². The minimum Gasteiger partial charge on any atom is -0.506 e. The second kappa shape index (κ2) is 7.67. The lowest BCUT2D eigenvalue weighted by Gasteiger charge is -2.49. The van der Waals surface area contributed by atoms with Crippen LogP contribution in [0.2, 0.25) is 0 Å². The van der Waals surface area contributed by atoms with Gasteiger partial charge in [0.15, 0.2) is 23.3 Å². The highest BCUT2D eigenvalue weighted by molar-refractivity contribution is 7.46. The molecule has 2 bridgehead atoms. The van der Waals surface area contributed by atoms with Gasteiger partial charge in [-0.1, -0.05) is 0 Å². The first-order valence-corrected chi connectivity index (χ1v) is 13.9. The number of ketones is 1. The Labute approximate surface area is 216 Å². The first-order chi connectivity index (χ1) is 18.0. The topological polar surface area (TPSA) is 163 Å². The molecule has 12 nitrogen and oxygen atoms in total. The number of aromatic hydroxyl groups is 1. The maximum Gasteiger partial charge on any atom is 0.469 e. The summed E-state index contributed by atoms with van der Waals surface area (Å²) in [6.45, 7) is 1.53. The number of methoxy groups -OCH3 is 2. The van der Waals surface area contributed by atoms with E-state index in [-0.39, 0.29) is 35.9 Å². The van der Waals surface area contributed by atoms with Crippen molar-refractivity contribution in [3.63, 3.8) is 0 Å². The summed E-state index contributed by atoms with van der Waals surface area (Å²) in [6, 6.07) is 1.85. The smallest absolute Gasteiger partial charge is 0.469 e. The number of hydrogen-bond acceptors (Lipinski definition) is 10. The molecule has 0 amide bonds. The Balaban J connectivity index is 1.49. The van der Waals surface area contributed by atoms with Crippen LogP contribution >= 0.6 is 7.82 Å². The molecule has 7 rings (SSSR count). The minimum atomic E-state index is -4.83. The number of phenolic OH excluding ortho intramolecular Hbond substituents is 1. The summed E-state index contributed by atoms with van der Waals surface area (Å²) in [5.41, 5.74) is 1.14. The van der Waals surface area contributed by atoms with E-state index in [2.05, 4.69) is 0 Å². The van der Waals surface area contributed by atoms with Crippen molar-refractivity contribution in [1.29, 1.82) is 0 Å². The van der Waals surface area contributed by atoms with Crippen LogP contribution < -0.4 is 9.47 Å². The van der Waals surface area contributed by atoms with Crippen molar-refractivity contribution in [3.05, 3.63) is 28.3 Å². The highest BCUT2D eigenvalue weighted by Crippen LogP contribution is 2.67. The van der Waals surface area contributed by atoms with E-state index in [9.17, 15) is 24.3 Å². The quantitative estimate of drug-likeness (QED) is 0.369. The zero-order chi connectivity index (χ0) is 26.8. The lowest BCUT2D eigenvalue weighted by atomic mass is 9.78. The van der Waals surface area contributed by atoms with E-state index in [0.29, 0.717) is 46.9 Å². The average Bonchev–Trinajstić information content (AvgIpc) is 3.53. The van der Waals surface area contributed by atoms with E-state index in [0.717, 1.165) is 5.56 Å². The van der Waals surface area contributed by atoms with E-state index in [1.54, 1.807) is 0 Å². The monoisotopic (exact) mass is 550 g/mol. The molecule has 0 radical (unpaired) electrons. The van der Waals surface area contributed by atoms with Crippen molar-refractivity contribution >= 4 is 24.4 Å². The molecule has 0 saturated carbocycles. The number of Topliss-reactive ketones (excluding diaryl/α,β-unsaturated/α-hetero) is 1. The first-order valence-electron chi connectivity index (χ1n) is 12.3. The molecule has 4 aliphatic heterocycles. The molecule has 0 aromatic heterocycles. The van der Waals surface area contributed by atoms with Gasteiger partial charge in [0.25, 0.3) is 5.79 Å². The van der Waals surface area contributed by atoms with Gasteiger partial charge in [0.05, 0.1) is 24.7 Å². The Hall–Kier alpha value is -2.28. The molecule has 38 heavy (non-hydrogen) atoms. The molecule has 4 heterocycles. The number of carbonyl (C=O) groups excluding carboxylic acids is 1. The van der Waals surface area contributed by atoms with Crippen LogP contribution in [0.4, 0.5) is 0 Å². The van der Waals surface area contributed by atoms with Gasteiger partial charge < -0.3 is 43.3 Å². The van der Waals surface area contributed by atoms with Gasteiger partial charge in [-0.15, -0.1) is 0 Å². The van der Waals surface area contributed by atoms with Crippen molar-refractivity contribution in [1.82, 2.24) is 0 Å². The van der Waals surface area contributed by atoms with Crippen molar-refractivity contribution < 1.29 is 57.2 Å². The third kappa shape index (κ3) is 3.05. The van der Waals surface area contributed by atoms with Crippen LogP contribution in [0.15, 0.2) is 6.07 Å². The van der Waals surface area contributed by atoms with Gasteiger partial charge in [0.1, 0.15) is 30.0 Å². The molecule has 5 aliphatic rings. The predicted octanol–water partition coefficient (Wildman–Crippen LogP) is 2.55. The SMILES string of the molecule is COc1c2c(c(O)c3c4c(c(C)cc13)C1OC3(COP(=O)(O)O)C[C@]5(CO5)[C@](OC)(O4)C1O3)C(=O)CCC2. The Morgan fingerprint density at radius 2 is 1.97 bits per heavy atom. The second-order valence-corrected chi connectivity index (χ2v) is 11.8. The van der Waals surface area contributed by atoms with Crippen LogP contribution in [0.3, 0.4) is 0 Å². The fourth-order valence-corrected chi connectivity index (χ4v) is 7.25. The number of phosphoric acid groups is 1. The van der Waals surface area contributed by atoms with Crippen LogP contribution in [0.25, 0.3) is 10.8 Å². The summed E-state index contributed by atoms with van der Waals surface area (Å²) >= 11 is 0. The maximum absolute atomic E-state index is 13.0. The summed E-state index contributed by atoms with van der Waals surface area (Å²) in [6.07, 6.45) is -0.108. The molecule has 5 atom stereocenters. The molecular weight excluding hydrogens is 523 g/mol. The second-order valence-electron chi connectivity index (χ2n) is 10.6. The lowest BCUT2D eigenvalue weighted by molar-refractivity contribution is -0.329. The zero-order valence-electron chi connectivity index (χ0n) is 20.9.